The first kappa shape index (κ1) is 13.2. The standard InChI is InChI=1S/C17H16N2O2/c1-20-17-11-18-19(12-17)15-7-5-6-14(10-15)13-21-16-8-3-2-4-9-16/h2-12H,13H2,1H3. The van der Waals surface area contributed by atoms with Gasteiger partial charge in [0.2, 0.25) is 0 Å². The van der Waals surface area contributed by atoms with Crippen molar-refractivity contribution in [3.8, 4) is 17.2 Å². The maximum Gasteiger partial charge on any atom is 0.157 e. The van der Waals surface area contributed by atoms with Gasteiger partial charge >= 0.3 is 0 Å². The Morgan fingerprint density at radius 3 is 2.62 bits per heavy atom. The van der Waals surface area contributed by atoms with Gasteiger partial charge in [-0.2, -0.15) is 5.10 Å². The minimum Gasteiger partial charge on any atom is -0.493 e. The summed E-state index contributed by atoms with van der Waals surface area (Å²) in [4.78, 5) is 0. The number of nitrogens with zero attached hydrogens (tertiary/aromatic N) is 2. The van der Waals surface area contributed by atoms with E-state index in [2.05, 4.69) is 11.2 Å². The van der Waals surface area contributed by atoms with Crippen LogP contribution in [0.1, 0.15) is 5.56 Å². The highest BCUT2D eigenvalue weighted by Gasteiger charge is 2.02. The summed E-state index contributed by atoms with van der Waals surface area (Å²) in [5.74, 6) is 1.60. The third-order valence-corrected chi connectivity index (χ3v) is 3.12. The molecule has 4 nitrogen and oxygen atoms in total. The predicted molar refractivity (Wildman–Crippen MR) is 80.9 cm³/mol. The zero-order valence-electron chi connectivity index (χ0n) is 11.8. The van der Waals surface area contributed by atoms with Gasteiger partial charge in [0.1, 0.15) is 12.4 Å². The first-order valence-electron chi connectivity index (χ1n) is 6.71. The monoisotopic (exact) mass is 280 g/mol. The molecular formula is C17H16N2O2. The van der Waals surface area contributed by atoms with Crippen molar-refractivity contribution in [2.45, 2.75) is 6.61 Å². The highest BCUT2D eigenvalue weighted by molar-refractivity contribution is 5.36. The van der Waals surface area contributed by atoms with Crippen LogP contribution in [0.25, 0.3) is 5.69 Å². The second-order valence-electron chi connectivity index (χ2n) is 4.60. The van der Waals surface area contributed by atoms with Crippen LogP contribution in [0.15, 0.2) is 67.0 Å². The molecule has 0 amide bonds. The molecular weight excluding hydrogens is 264 g/mol. The lowest BCUT2D eigenvalue weighted by Crippen LogP contribution is -1.99. The quantitative estimate of drug-likeness (QED) is 0.718. The van der Waals surface area contributed by atoms with Crippen LogP contribution in [0.3, 0.4) is 0 Å². The van der Waals surface area contributed by atoms with Crippen LogP contribution >= 0.6 is 0 Å². The van der Waals surface area contributed by atoms with Crippen molar-refractivity contribution in [2.75, 3.05) is 7.11 Å². The van der Waals surface area contributed by atoms with E-state index in [0.29, 0.717) is 6.61 Å². The van der Waals surface area contributed by atoms with Gasteiger partial charge in [-0.05, 0) is 29.8 Å². The number of hydrogen-bond acceptors (Lipinski definition) is 3. The number of rotatable bonds is 5. The average molecular weight is 280 g/mol. The van der Waals surface area contributed by atoms with Crippen LogP contribution in [0.5, 0.6) is 11.5 Å². The molecule has 0 aliphatic carbocycles. The minimum absolute atomic E-state index is 0.524. The summed E-state index contributed by atoms with van der Waals surface area (Å²) in [5.41, 5.74) is 2.07. The number of aromatic nitrogens is 2. The van der Waals surface area contributed by atoms with E-state index in [1.807, 2.05) is 54.7 Å². The summed E-state index contributed by atoms with van der Waals surface area (Å²) >= 11 is 0. The van der Waals surface area contributed by atoms with E-state index in [1.165, 1.54) is 0 Å². The van der Waals surface area contributed by atoms with Crippen LogP contribution in [0, 0.1) is 0 Å². The topological polar surface area (TPSA) is 36.3 Å². The van der Waals surface area contributed by atoms with E-state index >= 15 is 0 Å². The van der Waals surface area contributed by atoms with Gasteiger partial charge in [-0.3, -0.25) is 0 Å². The molecule has 4 heteroatoms. The van der Waals surface area contributed by atoms with Crippen molar-refractivity contribution in [2.24, 2.45) is 0 Å². The van der Waals surface area contributed by atoms with Gasteiger partial charge in [0.25, 0.3) is 0 Å². The van der Waals surface area contributed by atoms with Crippen LogP contribution in [-0.4, -0.2) is 16.9 Å². The maximum atomic E-state index is 5.75. The van der Waals surface area contributed by atoms with E-state index < -0.39 is 0 Å². The van der Waals surface area contributed by atoms with Crippen molar-refractivity contribution in [1.29, 1.82) is 0 Å². The van der Waals surface area contributed by atoms with Crippen molar-refractivity contribution in [3.05, 3.63) is 72.6 Å². The van der Waals surface area contributed by atoms with Crippen molar-refractivity contribution >= 4 is 0 Å². The molecule has 0 saturated carbocycles. The molecule has 0 unspecified atom stereocenters. The molecule has 0 aliphatic rings. The SMILES string of the molecule is COc1cnn(-c2cccc(COc3ccccc3)c2)c1. The van der Waals surface area contributed by atoms with Gasteiger partial charge in [-0.25, -0.2) is 4.68 Å². The summed E-state index contributed by atoms with van der Waals surface area (Å²) in [7, 11) is 1.63. The average Bonchev–Trinajstić information content (AvgIpc) is 3.03. The Morgan fingerprint density at radius 1 is 1.00 bits per heavy atom. The highest BCUT2D eigenvalue weighted by atomic mass is 16.5. The molecule has 0 saturated heterocycles. The molecule has 2 aromatic carbocycles. The summed E-state index contributed by atoms with van der Waals surface area (Å²) in [5, 5.41) is 4.27. The molecule has 0 spiro atoms. The number of para-hydroxylation sites is 1. The number of methoxy groups -OCH3 is 1. The molecule has 0 atom stereocenters. The Hall–Kier alpha value is -2.75. The van der Waals surface area contributed by atoms with Gasteiger partial charge in [0.05, 0.1) is 25.2 Å². The predicted octanol–water partition coefficient (Wildman–Crippen LogP) is 3.46. The normalized spacial score (nSPS) is 10.3. The number of hydrogen-bond donors (Lipinski definition) is 0. The summed E-state index contributed by atoms with van der Waals surface area (Å²) in [6, 6.07) is 17.9. The lowest BCUT2D eigenvalue weighted by Gasteiger charge is -2.08. The van der Waals surface area contributed by atoms with Crippen molar-refractivity contribution in [3.63, 3.8) is 0 Å². The van der Waals surface area contributed by atoms with E-state index in [4.69, 9.17) is 9.47 Å². The Labute approximate surface area is 123 Å². The first-order valence-corrected chi connectivity index (χ1v) is 6.71. The molecule has 0 radical (unpaired) electrons. The number of benzene rings is 2. The Balaban J connectivity index is 1.74. The second kappa shape index (κ2) is 6.13. The summed E-state index contributed by atoms with van der Waals surface area (Å²) in [6.45, 7) is 0.524. The van der Waals surface area contributed by atoms with Crippen LogP contribution in [0.4, 0.5) is 0 Å². The Bertz CT molecular complexity index is 708. The molecule has 0 N–H and O–H groups in total. The second-order valence-corrected chi connectivity index (χ2v) is 4.60. The fourth-order valence-electron chi connectivity index (χ4n) is 2.03. The zero-order chi connectivity index (χ0) is 14.5. The zero-order valence-corrected chi connectivity index (χ0v) is 11.8. The van der Waals surface area contributed by atoms with Gasteiger partial charge in [0, 0.05) is 0 Å². The lowest BCUT2D eigenvalue weighted by atomic mass is 10.2. The van der Waals surface area contributed by atoms with Crippen molar-refractivity contribution < 1.29 is 9.47 Å². The van der Waals surface area contributed by atoms with Crippen LogP contribution < -0.4 is 9.47 Å². The Morgan fingerprint density at radius 2 is 1.86 bits per heavy atom. The van der Waals surface area contributed by atoms with E-state index in [1.54, 1.807) is 18.0 Å². The molecule has 0 aliphatic heterocycles. The molecule has 1 heterocycles. The van der Waals surface area contributed by atoms with Gasteiger partial charge in [-0.15, -0.1) is 0 Å². The summed E-state index contributed by atoms with van der Waals surface area (Å²) < 4.78 is 12.7. The maximum absolute atomic E-state index is 5.75. The first-order chi connectivity index (χ1) is 10.3. The van der Waals surface area contributed by atoms with E-state index in [-0.39, 0.29) is 0 Å². The largest absolute Gasteiger partial charge is 0.493 e. The molecule has 0 fully saturated rings. The molecule has 3 aromatic rings. The molecule has 3 rings (SSSR count). The third-order valence-electron chi connectivity index (χ3n) is 3.12. The van der Waals surface area contributed by atoms with Crippen molar-refractivity contribution in [1.82, 2.24) is 9.78 Å². The lowest BCUT2D eigenvalue weighted by molar-refractivity contribution is 0.306. The Kier molecular flexibility index (Phi) is 3.87. The minimum atomic E-state index is 0.524. The van der Waals surface area contributed by atoms with Gasteiger partial charge < -0.3 is 9.47 Å². The molecule has 1 aromatic heterocycles. The molecule has 21 heavy (non-hydrogen) atoms. The van der Waals surface area contributed by atoms with Gasteiger partial charge in [0.15, 0.2) is 5.75 Å². The van der Waals surface area contributed by atoms with E-state index in [0.717, 1.165) is 22.7 Å². The molecule has 0 bridgehead atoms. The number of ether oxygens (including phenoxy) is 2. The highest BCUT2D eigenvalue weighted by Crippen LogP contribution is 2.16. The fourth-order valence-corrected chi connectivity index (χ4v) is 2.03. The van der Waals surface area contributed by atoms with Crippen LogP contribution in [0.2, 0.25) is 0 Å². The molecule has 106 valence electrons. The third kappa shape index (κ3) is 3.23. The fraction of sp³-hybridized carbons (Fsp3) is 0.118. The smallest absolute Gasteiger partial charge is 0.157 e. The van der Waals surface area contributed by atoms with Crippen LogP contribution in [-0.2, 0) is 6.61 Å². The van der Waals surface area contributed by atoms with Gasteiger partial charge in [-0.1, -0.05) is 30.3 Å². The van der Waals surface area contributed by atoms with E-state index in [9.17, 15) is 0 Å². The summed E-state index contributed by atoms with van der Waals surface area (Å²) in [6.07, 6.45) is 3.53.